The summed E-state index contributed by atoms with van der Waals surface area (Å²) in [5.41, 5.74) is 3.81. The molecule has 4 heterocycles. The second-order valence-electron chi connectivity index (χ2n) is 6.30. The maximum atomic E-state index is 5.48. The molecule has 0 spiro atoms. The summed E-state index contributed by atoms with van der Waals surface area (Å²) in [6.07, 6.45) is 4.43. The van der Waals surface area contributed by atoms with Crippen molar-refractivity contribution in [2.75, 3.05) is 38.4 Å². The van der Waals surface area contributed by atoms with E-state index in [1.165, 1.54) is 5.56 Å². The molecule has 8 heteroatoms. The summed E-state index contributed by atoms with van der Waals surface area (Å²) in [6.45, 7) is 1.87. The smallest absolute Gasteiger partial charge is 0.237 e. The minimum Gasteiger partial charge on any atom is -0.480 e. The van der Waals surface area contributed by atoms with E-state index < -0.39 is 0 Å². The van der Waals surface area contributed by atoms with Crippen LogP contribution in [0.15, 0.2) is 24.5 Å². The van der Waals surface area contributed by atoms with Crippen molar-refractivity contribution in [2.24, 2.45) is 0 Å². The fourth-order valence-electron chi connectivity index (χ4n) is 3.16. The average Bonchev–Trinajstić information content (AvgIpc) is 2.66. The largest absolute Gasteiger partial charge is 0.480 e. The molecule has 26 heavy (non-hydrogen) atoms. The number of likely N-dealkylation sites (N-methyl/N-ethyl adjacent to an activating group) is 1. The second-order valence-corrected chi connectivity index (χ2v) is 6.30. The molecule has 1 aliphatic heterocycles. The average molecular weight is 351 g/mol. The fraction of sp³-hybridized carbons (Fsp3) is 0.333. The number of hydrogen-bond donors (Lipinski definition) is 2. The second kappa shape index (κ2) is 6.72. The number of anilines is 3. The lowest BCUT2D eigenvalue weighted by atomic mass is 10.1. The Kier molecular flexibility index (Phi) is 4.26. The van der Waals surface area contributed by atoms with Gasteiger partial charge in [0, 0.05) is 44.3 Å². The summed E-state index contributed by atoms with van der Waals surface area (Å²) in [5.74, 6) is 1.74. The van der Waals surface area contributed by atoms with Crippen LogP contribution in [0.4, 0.5) is 17.5 Å². The molecule has 0 unspecified atom stereocenters. The SMILES string of the molecule is CNc1nccc2cnc(Nc3cc4c(nc3OC)CCN(C)C4)nc12. The van der Waals surface area contributed by atoms with Crippen LogP contribution in [-0.4, -0.2) is 52.6 Å². The Balaban J connectivity index is 1.72. The van der Waals surface area contributed by atoms with Gasteiger partial charge >= 0.3 is 0 Å². The number of hydrogen-bond acceptors (Lipinski definition) is 8. The Morgan fingerprint density at radius 3 is 2.92 bits per heavy atom. The first-order chi connectivity index (χ1) is 12.7. The van der Waals surface area contributed by atoms with Crippen molar-refractivity contribution in [2.45, 2.75) is 13.0 Å². The molecule has 0 atom stereocenters. The van der Waals surface area contributed by atoms with Crippen molar-refractivity contribution in [1.29, 1.82) is 0 Å². The van der Waals surface area contributed by atoms with Crippen LogP contribution in [0.25, 0.3) is 10.9 Å². The highest BCUT2D eigenvalue weighted by Gasteiger charge is 2.19. The molecular weight excluding hydrogens is 330 g/mol. The Morgan fingerprint density at radius 2 is 2.12 bits per heavy atom. The van der Waals surface area contributed by atoms with E-state index in [4.69, 9.17) is 4.74 Å². The zero-order valence-electron chi connectivity index (χ0n) is 15.1. The highest BCUT2D eigenvalue weighted by atomic mass is 16.5. The summed E-state index contributed by atoms with van der Waals surface area (Å²) in [5, 5.41) is 7.23. The van der Waals surface area contributed by atoms with Gasteiger partial charge in [-0.05, 0) is 24.7 Å². The van der Waals surface area contributed by atoms with Crippen LogP contribution < -0.4 is 15.4 Å². The van der Waals surface area contributed by atoms with Gasteiger partial charge < -0.3 is 20.3 Å². The van der Waals surface area contributed by atoms with Crippen molar-refractivity contribution >= 4 is 28.4 Å². The summed E-state index contributed by atoms with van der Waals surface area (Å²) in [6, 6.07) is 3.96. The molecule has 0 aliphatic carbocycles. The Labute approximate surface area is 151 Å². The van der Waals surface area contributed by atoms with Crippen molar-refractivity contribution in [1.82, 2.24) is 24.8 Å². The Hall–Kier alpha value is -3.00. The lowest BCUT2D eigenvalue weighted by Crippen LogP contribution is -2.27. The van der Waals surface area contributed by atoms with Gasteiger partial charge in [-0.1, -0.05) is 0 Å². The van der Waals surface area contributed by atoms with Gasteiger partial charge in [0.2, 0.25) is 11.8 Å². The maximum Gasteiger partial charge on any atom is 0.237 e. The van der Waals surface area contributed by atoms with E-state index in [-0.39, 0.29) is 0 Å². The van der Waals surface area contributed by atoms with Crippen LogP contribution in [0.5, 0.6) is 5.88 Å². The van der Waals surface area contributed by atoms with Crippen LogP contribution in [0.2, 0.25) is 0 Å². The molecule has 8 nitrogen and oxygen atoms in total. The highest BCUT2D eigenvalue weighted by molar-refractivity contribution is 5.88. The molecule has 1 aliphatic rings. The van der Waals surface area contributed by atoms with E-state index in [2.05, 4.69) is 48.6 Å². The summed E-state index contributed by atoms with van der Waals surface area (Å²) >= 11 is 0. The molecule has 0 bridgehead atoms. The number of pyridine rings is 2. The number of ether oxygens (including phenoxy) is 1. The predicted octanol–water partition coefficient (Wildman–Crippen LogP) is 2.20. The molecule has 0 fully saturated rings. The molecule has 4 rings (SSSR count). The first kappa shape index (κ1) is 16.5. The van der Waals surface area contributed by atoms with E-state index in [1.807, 2.05) is 13.1 Å². The zero-order chi connectivity index (χ0) is 18.1. The van der Waals surface area contributed by atoms with Gasteiger partial charge in [-0.3, -0.25) is 0 Å². The van der Waals surface area contributed by atoms with Gasteiger partial charge in [0.05, 0.1) is 12.8 Å². The van der Waals surface area contributed by atoms with E-state index in [0.717, 1.165) is 41.8 Å². The number of nitrogens with zero attached hydrogens (tertiary/aromatic N) is 5. The van der Waals surface area contributed by atoms with Crippen LogP contribution in [-0.2, 0) is 13.0 Å². The lowest BCUT2D eigenvalue weighted by Gasteiger charge is -2.25. The van der Waals surface area contributed by atoms with Crippen molar-refractivity contribution in [3.05, 3.63) is 35.8 Å². The minimum atomic E-state index is 0.478. The summed E-state index contributed by atoms with van der Waals surface area (Å²) in [4.78, 5) is 20.3. The highest BCUT2D eigenvalue weighted by Crippen LogP contribution is 2.30. The molecular formula is C18H21N7O. The number of nitrogens with one attached hydrogen (secondary N) is 2. The standard InChI is InChI=1S/C18H21N7O/c1-19-16-15-11(4-6-20-16)9-21-18(24-15)23-14-8-12-10-25(2)7-5-13(12)22-17(14)26-3/h4,6,8-9H,5,7,10H2,1-3H3,(H,19,20)(H,21,23,24). The zero-order valence-corrected chi connectivity index (χ0v) is 15.1. The minimum absolute atomic E-state index is 0.478. The van der Waals surface area contributed by atoms with Gasteiger partial charge in [0.15, 0.2) is 5.82 Å². The Bertz CT molecular complexity index is 960. The van der Waals surface area contributed by atoms with Crippen LogP contribution in [0.1, 0.15) is 11.3 Å². The molecule has 3 aromatic heterocycles. The molecule has 2 N–H and O–H groups in total. The van der Waals surface area contributed by atoms with Gasteiger partial charge in [0.25, 0.3) is 0 Å². The monoisotopic (exact) mass is 351 g/mol. The topological polar surface area (TPSA) is 88.1 Å². The number of rotatable bonds is 4. The van der Waals surface area contributed by atoms with Gasteiger partial charge in [-0.15, -0.1) is 0 Å². The fourth-order valence-corrected chi connectivity index (χ4v) is 3.16. The normalized spacial score (nSPS) is 14.1. The third-order valence-corrected chi connectivity index (χ3v) is 4.50. The summed E-state index contributed by atoms with van der Waals surface area (Å²) in [7, 11) is 5.56. The molecule has 0 amide bonds. The van der Waals surface area contributed by atoms with Gasteiger partial charge in [-0.2, -0.15) is 0 Å². The van der Waals surface area contributed by atoms with Gasteiger partial charge in [0.1, 0.15) is 11.2 Å². The number of aromatic nitrogens is 4. The molecule has 3 aromatic rings. The van der Waals surface area contributed by atoms with Crippen molar-refractivity contribution in [3.63, 3.8) is 0 Å². The van der Waals surface area contributed by atoms with Crippen molar-refractivity contribution in [3.8, 4) is 5.88 Å². The first-order valence-corrected chi connectivity index (χ1v) is 8.50. The third-order valence-electron chi connectivity index (χ3n) is 4.50. The van der Waals surface area contributed by atoms with E-state index >= 15 is 0 Å². The number of methoxy groups -OCH3 is 1. The Morgan fingerprint density at radius 1 is 1.23 bits per heavy atom. The predicted molar refractivity (Wildman–Crippen MR) is 101 cm³/mol. The van der Waals surface area contributed by atoms with Crippen molar-refractivity contribution < 1.29 is 4.74 Å². The van der Waals surface area contributed by atoms with Gasteiger partial charge in [-0.25, -0.2) is 19.9 Å². The first-order valence-electron chi connectivity index (χ1n) is 8.50. The van der Waals surface area contributed by atoms with Crippen LogP contribution in [0, 0.1) is 0 Å². The van der Waals surface area contributed by atoms with E-state index in [0.29, 0.717) is 17.6 Å². The van der Waals surface area contributed by atoms with Crippen LogP contribution in [0.3, 0.4) is 0 Å². The molecule has 0 aromatic carbocycles. The molecule has 0 saturated heterocycles. The quantitative estimate of drug-likeness (QED) is 0.740. The molecule has 0 radical (unpaired) electrons. The number of fused-ring (bicyclic) bond motifs is 2. The van der Waals surface area contributed by atoms with Crippen LogP contribution >= 0.6 is 0 Å². The van der Waals surface area contributed by atoms with E-state index in [9.17, 15) is 0 Å². The molecule has 134 valence electrons. The maximum absolute atomic E-state index is 5.48. The summed E-state index contributed by atoms with van der Waals surface area (Å²) < 4.78 is 5.48. The lowest BCUT2D eigenvalue weighted by molar-refractivity contribution is 0.307. The molecule has 0 saturated carbocycles. The third kappa shape index (κ3) is 2.99. The van der Waals surface area contributed by atoms with E-state index in [1.54, 1.807) is 19.5 Å².